The van der Waals surface area contributed by atoms with E-state index in [0.717, 1.165) is 18.2 Å². The van der Waals surface area contributed by atoms with Gasteiger partial charge in [-0.2, -0.15) is 0 Å². The first-order valence-corrected chi connectivity index (χ1v) is 4.43. The standard InChI is InChI=1S/C10H9NO6/c11-7(10(16)17)4-1-5(8(12)13)3-6(2-4)9(14)15/h1-3,7H,11H2,(H,12,13)(H,14,15)(H,16,17)/t7-/m0/s1. The summed E-state index contributed by atoms with van der Waals surface area (Å²) in [5, 5.41) is 26.2. The molecule has 7 nitrogen and oxygen atoms in total. The topological polar surface area (TPSA) is 138 Å². The molecule has 0 saturated heterocycles. The van der Waals surface area contributed by atoms with E-state index in [0.29, 0.717) is 0 Å². The molecule has 0 saturated carbocycles. The van der Waals surface area contributed by atoms with Crippen molar-refractivity contribution in [3.8, 4) is 0 Å². The highest BCUT2D eigenvalue weighted by Gasteiger charge is 2.19. The highest BCUT2D eigenvalue weighted by atomic mass is 16.4. The molecule has 0 radical (unpaired) electrons. The minimum Gasteiger partial charge on any atom is -0.480 e. The first kappa shape index (κ1) is 12.7. The van der Waals surface area contributed by atoms with E-state index in [-0.39, 0.29) is 16.7 Å². The van der Waals surface area contributed by atoms with Crippen molar-refractivity contribution in [2.75, 3.05) is 0 Å². The van der Waals surface area contributed by atoms with Gasteiger partial charge in [-0.05, 0) is 23.8 Å². The van der Waals surface area contributed by atoms with Crippen LogP contribution in [-0.4, -0.2) is 33.2 Å². The van der Waals surface area contributed by atoms with Crippen LogP contribution in [0.15, 0.2) is 18.2 Å². The van der Waals surface area contributed by atoms with Gasteiger partial charge in [0, 0.05) is 0 Å². The van der Waals surface area contributed by atoms with Crippen LogP contribution in [-0.2, 0) is 4.79 Å². The molecule has 1 rings (SSSR count). The lowest BCUT2D eigenvalue weighted by Gasteiger charge is -2.09. The Kier molecular flexibility index (Phi) is 3.44. The maximum Gasteiger partial charge on any atom is 0.335 e. The Morgan fingerprint density at radius 1 is 0.941 bits per heavy atom. The van der Waals surface area contributed by atoms with Gasteiger partial charge in [-0.3, -0.25) is 4.79 Å². The molecular weight excluding hydrogens is 230 g/mol. The zero-order valence-electron chi connectivity index (χ0n) is 8.45. The Hall–Kier alpha value is -2.41. The van der Waals surface area contributed by atoms with E-state index in [9.17, 15) is 14.4 Å². The fourth-order valence-electron chi connectivity index (χ4n) is 1.22. The highest BCUT2D eigenvalue weighted by molar-refractivity contribution is 5.94. The van der Waals surface area contributed by atoms with Crippen LogP contribution in [0, 0.1) is 0 Å². The van der Waals surface area contributed by atoms with Crippen molar-refractivity contribution >= 4 is 17.9 Å². The Morgan fingerprint density at radius 3 is 1.65 bits per heavy atom. The summed E-state index contributed by atoms with van der Waals surface area (Å²) >= 11 is 0. The first-order valence-electron chi connectivity index (χ1n) is 4.43. The molecule has 90 valence electrons. The van der Waals surface area contributed by atoms with Crippen LogP contribution in [0.2, 0.25) is 0 Å². The maximum absolute atomic E-state index is 10.7. The summed E-state index contributed by atoms with van der Waals surface area (Å²) in [5.74, 6) is -4.08. The van der Waals surface area contributed by atoms with Gasteiger partial charge in [0.2, 0.25) is 0 Å². The van der Waals surface area contributed by atoms with E-state index >= 15 is 0 Å². The Bertz CT molecular complexity index is 463. The van der Waals surface area contributed by atoms with E-state index in [1.807, 2.05) is 0 Å². The quantitative estimate of drug-likeness (QED) is 0.587. The number of carbonyl (C=O) groups is 3. The van der Waals surface area contributed by atoms with Crippen molar-refractivity contribution in [1.82, 2.24) is 0 Å². The minimum absolute atomic E-state index is 0.0743. The lowest BCUT2D eigenvalue weighted by Crippen LogP contribution is -2.21. The minimum atomic E-state index is -1.47. The first-order chi connectivity index (χ1) is 7.82. The van der Waals surface area contributed by atoms with Crippen molar-refractivity contribution in [3.63, 3.8) is 0 Å². The number of aliphatic carboxylic acids is 1. The summed E-state index contributed by atoms with van der Waals surface area (Å²) in [4.78, 5) is 32.1. The van der Waals surface area contributed by atoms with Gasteiger partial charge in [0.05, 0.1) is 11.1 Å². The average molecular weight is 239 g/mol. The van der Waals surface area contributed by atoms with Crippen LogP contribution in [0.1, 0.15) is 32.3 Å². The second-order valence-electron chi connectivity index (χ2n) is 3.27. The third-order valence-electron chi connectivity index (χ3n) is 2.07. The summed E-state index contributed by atoms with van der Waals surface area (Å²) in [6.07, 6.45) is 0. The van der Waals surface area contributed by atoms with Gasteiger partial charge in [0.15, 0.2) is 0 Å². The van der Waals surface area contributed by atoms with Gasteiger partial charge in [-0.25, -0.2) is 9.59 Å². The van der Waals surface area contributed by atoms with Gasteiger partial charge >= 0.3 is 17.9 Å². The monoisotopic (exact) mass is 239 g/mol. The molecule has 1 aromatic rings. The Balaban J connectivity index is 3.36. The van der Waals surface area contributed by atoms with Crippen LogP contribution < -0.4 is 5.73 Å². The van der Waals surface area contributed by atoms with Crippen molar-refractivity contribution in [2.24, 2.45) is 5.73 Å². The number of carboxylic acid groups (broad SMARTS) is 3. The SMILES string of the molecule is N[C@H](C(=O)O)c1cc(C(=O)O)cc(C(=O)O)c1. The molecule has 0 aliphatic heterocycles. The van der Waals surface area contributed by atoms with E-state index in [1.54, 1.807) is 0 Å². The fraction of sp³-hybridized carbons (Fsp3) is 0.100. The van der Waals surface area contributed by atoms with Gasteiger partial charge < -0.3 is 21.1 Å². The third kappa shape index (κ3) is 2.79. The average Bonchev–Trinajstić information content (AvgIpc) is 2.27. The predicted octanol–water partition coefficient (Wildman–Crippen LogP) is 0.167. The van der Waals surface area contributed by atoms with Gasteiger partial charge in [0.25, 0.3) is 0 Å². The lowest BCUT2D eigenvalue weighted by molar-refractivity contribution is -0.138. The summed E-state index contributed by atoms with van der Waals surface area (Å²) in [6, 6.07) is 1.54. The summed E-state index contributed by atoms with van der Waals surface area (Å²) in [5.41, 5.74) is 4.57. The number of aromatic carboxylic acids is 2. The van der Waals surface area contributed by atoms with E-state index in [4.69, 9.17) is 21.1 Å². The van der Waals surface area contributed by atoms with Gasteiger partial charge in [-0.1, -0.05) is 0 Å². The highest BCUT2D eigenvalue weighted by Crippen LogP contribution is 2.16. The Labute approximate surface area is 95.1 Å². The fourth-order valence-corrected chi connectivity index (χ4v) is 1.22. The molecule has 0 spiro atoms. The molecule has 0 aliphatic carbocycles. The molecular formula is C10H9NO6. The van der Waals surface area contributed by atoms with Crippen LogP contribution in [0.4, 0.5) is 0 Å². The van der Waals surface area contributed by atoms with Crippen molar-refractivity contribution in [1.29, 1.82) is 0 Å². The molecule has 17 heavy (non-hydrogen) atoms. The van der Waals surface area contributed by atoms with E-state index < -0.39 is 23.9 Å². The molecule has 0 heterocycles. The number of hydrogen-bond donors (Lipinski definition) is 4. The maximum atomic E-state index is 10.7. The lowest BCUT2D eigenvalue weighted by atomic mass is 10.0. The second kappa shape index (κ2) is 4.62. The molecule has 0 bridgehead atoms. The molecule has 0 fully saturated rings. The largest absolute Gasteiger partial charge is 0.480 e. The normalized spacial score (nSPS) is 11.8. The summed E-state index contributed by atoms with van der Waals surface area (Å²) in [6.45, 7) is 0. The van der Waals surface area contributed by atoms with Crippen LogP contribution in [0.25, 0.3) is 0 Å². The molecule has 5 N–H and O–H groups in total. The molecule has 0 amide bonds. The van der Waals surface area contributed by atoms with E-state index in [1.165, 1.54) is 0 Å². The van der Waals surface area contributed by atoms with E-state index in [2.05, 4.69) is 0 Å². The summed E-state index contributed by atoms with van der Waals surface area (Å²) < 4.78 is 0. The third-order valence-corrected chi connectivity index (χ3v) is 2.07. The summed E-state index contributed by atoms with van der Waals surface area (Å²) in [7, 11) is 0. The molecule has 1 atom stereocenters. The van der Waals surface area contributed by atoms with Gasteiger partial charge in [0.1, 0.15) is 6.04 Å². The smallest absolute Gasteiger partial charge is 0.335 e. The van der Waals surface area contributed by atoms with Crippen molar-refractivity contribution in [2.45, 2.75) is 6.04 Å². The van der Waals surface area contributed by atoms with Crippen LogP contribution in [0.5, 0.6) is 0 Å². The zero-order chi connectivity index (χ0) is 13.2. The molecule has 0 unspecified atom stereocenters. The molecule has 0 aromatic heterocycles. The van der Waals surface area contributed by atoms with Crippen molar-refractivity contribution in [3.05, 3.63) is 34.9 Å². The molecule has 0 aliphatic rings. The number of carboxylic acids is 3. The number of rotatable bonds is 4. The molecule has 7 heteroatoms. The van der Waals surface area contributed by atoms with Crippen LogP contribution >= 0.6 is 0 Å². The van der Waals surface area contributed by atoms with Crippen molar-refractivity contribution < 1.29 is 29.7 Å². The Morgan fingerprint density at radius 2 is 1.35 bits per heavy atom. The number of hydrogen-bond acceptors (Lipinski definition) is 4. The zero-order valence-corrected chi connectivity index (χ0v) is 8.45. The second-order valence-corrected chi connectivity index (χ2v) is 3.27. The number of nitrogens with two attached hydrogens (primary N) is 1. The molecule has 1 aromatic carbocycles. The van der Waals surface area contributed by atoms with Gasteiger partial charge in [-0.15, -0.1) is 0 Å². The predicted molar refractivity (Wildman–Crippen MR) is 54.9 cm³/mol. The van der Waals surface area contributed by atoms with Crippen LogP contribution in [0.3, 0.4) is 0 Å². The number of benzene rings is 1.